The lowest BCUT2D eigenvalue weighted by Crippen LogP contribution is -2.55. The molecule has 4 rings (SSSR count). The van der Waals surface area contributed by atoms with Gasteiger partial charge in [0.15, 0.2) is 0 Å². The van der Waals surface area contributed by atoms with Gasteiger partial charge < -0.3 is 29.9 Å². The van der Waals surface area contributed by atoms with Crippen molar-refractivity contribution < 1.29 is 38.3 Å². The fourth-order valence-electron chi connectivity index (χ4n) is 5.05. The number of sulfonamides is 1. The predicted molar refractivity (Wildman–Crippen MR) is 143 cm³/mol. The Labute approximate surface area is 228 Å². The Morgan fingerprint density at radius 1 is 0.974 bits per heavy atom. The van der Waals surface area contributed by atoms with Crippen LogP contribution in [0.3, 0.4) is 0 Å². The van der Waals surface area contributed by atoms with Crippen LogP contribution in [0.1, 0.15) is 54.9 Å². The smallest absolute Gasteiger partial charge is 0.214 e. The maximum Gasteiger partial charge on any atom is 0.214 e. The van der Waals surface area contributed by atoms with Gasteiger partial charge in [0.1, 0.15) is 42.9 Å². The number of hydrogen-bond acceptors (Lipinski definition) is 8. The van der Waals surface area contributed by atoms with Crippen LogP contribution < -0.4 is 9.46 Å². The molecule has 2 aliphatic rings. The molecule has 5 N–H and O–H groups in total. The third kappa shape index (κ3) is 7.05. The SMILES string of the molecule is O=S(=O)(NCCOc1ccc(Cc2cc(C3OC(CO)C(O)C(O)C3O)ccc2Cl)cc1)C1CCCCC1. The molecule has 11 heteroatoms. The number of halogens is 1. The van der Waals surface area contributed by atoms with Crippen LogP contribution in [0.5, 0.6) is 5.75 Å². The monoisotopic (exact) mass is 569 g/mol. The van der Waals surface area contributed by atoms with Crippen LogP contribution >= 0.6 is 11.6 Å². The summed E-state index contributed by atoms with van der Waals surface area (Å²) in [5, 5.41) is 40.3. The zero-order valence-electron chi connectivity index (χ0n) is 21.1. The number of hydrogen-bond donors (Lipinski definition) is 5. The van der Waals surface area contributed by atoms with E-state index in [-0.39, 0.29) is 18.4 Å². The van der Waals surface area contributed by atoms with Crippen LogP contribution in [0.15, 0.2) is 42.5 Å². The Kier molecular flexibility index (Phi) is 10.0. The summed E-state index contributed by atoms with van der Waals surface area (Å²) in [5.41, 5.74) is 2.28. The lowest BCUT2D eigenvalue weighted by Gasteiger charge is -2.40. The summed E-state index contributed by atoms with van der Waals surface area (Å²) in [6.07, 6.45) is -1.26. The van der Waals surface area contributed by atoms with Crippen molar-refractivity contribution in [2.24, 2.45) is 0 Å². The molecule has 0 spiro atoms. The van der Waals surface area contributed by atoms with Gasteiger partial charge in [0, 0.05) is 11.6 Å². The van der Waals surface area contributed by atoms with Gasteiger partial charge in [-0.3, -0.25) is 0 Å². The second-order valence-corrected chi connectivity index (χ2v) is 12.4. The summed E-state index contributed by atoms with van der Waals surface area (Å²) >= 11 is 6.42. The van der Waals surface area contributed by atoms with Crippen molar-refractivity contribution in [2.45, 2.75) is 74.3 Å². The zero-order valence-corrected chi connectivity index (χ0v) is 22.7. The van der Waals surface area contributed by atoms with Gasteiger partial charge >= 0.3 is 0 Å². The van der Waals surface area contributed by atoms with Gasteiger partial charge in [0.25, 0.3) is 0 Å². The highest BCUT2D eigenvalue weighted by atomic mass is 35.5. The number of nitrogens with one attached hydrogen (secondary N) is 1. The largest absolute Gasteiger partial charge is 0.492 e. The molecule has 0 radical (unpaired) electrons. The number of aliphatic hydroxyl groups is 4. The first kappa shape index (κ1) is 29.2. The Hall–Kier alpha value is -1.76. The highest BCUT2D eigenvalue weighted by Gasteiger charge is 2.44. The standard InChI is InChI=1S/C27H36ClNO8S/c28-22-11-8-18(27-26(33)25(32)24(31)23(16-30)37-27)15-19(22)14-17-6-9-20(10-7-17)36-13-12-29-38(34,35)21-4-2-1-3-5-21/h6-11,15,21,23-27,29-33H,1-5,12-14,16H2. The summed E-state index contributed by atoms with van der Waals surface area (Å²) in [4.78, 5) is 0. The van der Waals surface area contributed by atoms with Crippen molar-refractivity contribution in [3.63, 3.8) is 0 Å². The van der Waals surface area contributed by atoms with E-state index in [1.807, 2.05) is 12.1 Å². The predicted octanol–water partition coefficient (Wildman–Crippen LogP) is 2.08. The number of aliphatic hydroxyl groups excluding tert-OH is 4. The molecule has 1 aliphatic heterocycles. The van der Waals surface area contributed by atoms with Gasteiger partial charge in [-0.1, -0.05) is 55.1 Å². The lowest BCUT2D eigenvalue weighted by atomic mass is 9.90. The molecule has 0 aromatic heterocycles. The Bertz CT molecular complexity index is 1150. The highest BCUT2D eigenvalue weighted by molar-refractivity contribution is 7.90. The van der Waals surface area contributed by atoms with E-state index in [2.05, 4.69) is 4.72 Å². The molecule has 2 fully saturated rings. The molecule has 1 saturated carbocycles. The van der Waals surface area contributed by atoms with E-state index in [0.717, 1.165) is 30.4 Å². The molecular weight excluding hydrogens is 534 g/mol. The summed E-state index contributed by atoms with van der Waals surface area (Å²) in [6, 6.07) is 12.5. The van der Waals surface area contributed by atoms with Crippen LogP contribution in [0.25, 0.3) is 0 Å². The molecule has 9 nitrogen and oxygen atoms in total. The maximum absolute atomic E-state index is 12.4. The maximum atomic E-state index is 12.4. The fourth-order valence-corrected chi connectivity index (χ4v) is 6.80. The summed E-state index contributed by atoms with van der Waals surface area (Å²) in [5.74, 6) is 0.617. The van der Waals surface area contributed by atoms with Gasteiger partial charge in [0.05, 0.1) is 11.9 Å². The summed E-state index contributed by atoms with van der Waals surface area (Å²) in [7, 11) is -3.31. The van der Waals surface area contributed by atoms with Crippen LogP contribution in [0, 0.1) is 0 Å². The molecule has 5 unspecified atom stereocenters. The number of ether oxygens (including phenoxy) is 2. The molecule has 1 heterocycles. The minimum atomic E-state index is -3.31. The molecule has 5 atom stereocenters. The quantitative estimate of drug-likeness (QED) is 0.273. The normalized spacial score (nSPS) is 26.8. The first-order valence-electron chi connectivity index (χ1n) is 13.0. The number of rotatable bonds is 10. The second kappa shape index (κ2) is 13.1. The molecule has 0 bridgehead atoms. The first-order chi connectivity index (χ1) is 18.2. The molecule has 2 aromatic carbocycles. The van der Waals surface area contributed by atoms with E-state index in [1.54, 1.807) is 30.3 Å². The van der Waals surface area contributed by atoms with Crippen LogP contribution in [0.4, 0.5) is 0 Å². The summed E-state index contributed by atoms with van der Waals surface area (Å²) < 4.78 is 38.9. The Balaban J connectivity index is 1.33. The van der Waals surface area contributed by atoms with Gasteiger partial charge in [-0.05, 0) is 54.2 Å². The fraction of sp³-hybridized carbons (Fsp3) is 0.556. The van der Waals surface area contributed by atoms with E-state index >= 15 is 0 Å². The van der Waals surface area contributed by atoms with Crippen molar-refractivity contribution in [2.75, 3.05) is 19.8 Å². The lowest BCUT2D eigenvalue weighted by molar-refractivity contribution is -0.231. The molecule has 210 valence electrons. The van der Waals surface area contributed by atoms with E-state index in [0.29, 0.717) is 35.6 Å². The minimum absolute atomic E-state index is 0.209. The van der Waals surface area contributed by atoms with E-state index in [1.165, 1.54) is 0 Å². The first-order valence-corrected chi connectivity index (χ1v) is 14.9. The molecule has 1 aliphatic carbocycles. The van der Waals surface area contributed by atoms with E-state index in [9.17, 15) is 28.8 Å². The molecular formula is C27H36ClNO8S. The average Bonchev–Trinajstić information content (AvgIpc) is 2.93. The van der Waals surface area contributed by atoms with Crippen molar-refractivity contribution in [1.29, 1.82) is 0 Å². The molecule has 0 amide bonds. The topological polar surface area (TPSA) is 146 Å². The van der Waals surface area contributed by atoms with Crippen LogP contribution in [0.2, 0.25) is 5.02 Å². The van der Waals surface area contributed by atoms with Crippen molar-refractivity contribution in [3.8, 4) is 5.75 Å². The van der Waals surface area contributed by atoms with Gasteiger partial charge in [-0.2, -0.15) is 0 Å². The third-order valence-electron chi connectivity index (χ3n) is 7.27. The average molecular weight is 570 g/mol. The van der Waals surface area contributed by atoms with Crippen molar-refractivity contribution >= 4 is 21.6 Å². The molecule has 38 heavy (non-hydrogen) atoms. The highest BCUT2D eigenvalue weighted by Crippen LogP contribution is 2.34. The molecule has 1 saturated heterocycles. The Morgan fingerprint density at radius 2 is 1.68 bits per heavy atom. The minimum Gasteiger partial charge on any atom is -0.492 e. The Morgan fingerprint density at radius 3 is 2.37 bits per heavy atom. The van der Waals surface area contributed by atoms with Crippen molar-refractivity contribution in [1.82, 2.24) is 4.72 Å². The molecule has 2 aromatic rings. The van der Waals surface area contributed by atoms with E-state index in [4.69, 9.17) is 21.1 Å². The van der Waals surface area contributed by atoms with Crippen LogP contribution in [-0.2, 0) is 21.2 Å². The zero-order chi connectivity index (χ0) is 27.3. The van der Waals surface area contributed by atoms with Gasteiger partial charge in [-0.15, -0.1) is 0 Å². The van der Waals surface area contributed by atoms with Gasteiger partial charge in [0.2, 0.25) is 10.0 Å². The third-order valence-corrected chi connectivity index (χ3v) is 9.60. The van der Waals surface area contributed by atoms with Gasteiger partial charge in [-0.25, -0.2) is 13.1 Å². The number of benzene rings is 2. The van der Waals surface area contributed by atoms with Crippen LogP contribution in [-0.4, -0.2) is 78.3 Å². The summed E-state index contributed by atoms with van der Waals surface area (Å²) in [6.45, 7) is -0.0675. The van der Waals surface area contributed by atoms with Crippen molar-refractivity contribution in [3.05, 3.63) is 64.2 Å². The second-order valence-electron chi connectivity index (χ2n) is 9.97. The van der Waals surface area contributed by atoms with E-state index < -0.39 is 47.2 Å².